The molecule has 0 bridgehead atoms. The summed E-state index contributed by atoms with van der Waals surface area (Å²) in [5.74, 6) is -0.197. The molecule has 0 aromatic rings. The Kier molecular flexibility index (Phi) is 6.09. The highest BCUT2D eigenvalue weighted by molar-refractivity contribution is 5.78. The molecule has 4 heteroatoms. The maximum Gasteiger partial charge on any atom is 0.323 e. The highest BCUT2D eigenvalue weighted by Crippen LogP contribution is 2.23. The molecule has 0 spiro atoms. The monoisotopic (exact) mass is 256 g/mol. The number of carboxylic acid groups (broad SMARTS) is 1. The standard InChI is InChI=1S/C14H28N2O2/c1-4-8-16-9-5-6-14(7-10-16,13(17)18)15-11-12(2)3/h12,15H,4-11H2,1-3H3,(H,17,18). The topological polar surface area (TPSA) is 52.6 Å². The molecule has 0 aromatic heterocycles. The van der Waals surface area contributed by atoms with Gasteiger partial charge in [-0.05, 0) is 51.2 Å². The van der Waals surface area contributed by atoms with Gasteiger partial charge in [-0.3, -0.25) is 4.79 Å². The van der Waals surface area contributed by atoms with Crippen LogP contribution in [0.15, 0.2) is 0 Å². The van der Waals surface area contributed by atoms with Crippen LogP contribution in [0.1, 0.15) is 46.5 Å². The van der Waals surface area contributed by atoms with Crippen LogP contribution in [0.2, 0.25) is 0 Å². The largest absolute Gasteiger partial charge is 0.480 e. The molecule has 0 aromatic carbocycles. The van der Waals surface area contributed by atoms with Crippen LogP contribution < -0.4 is 5.32 Å². The molecular weight excluding hydrogens is 228 g/mol. The maximum atomic E-state index is 11.6. The molecule has 106 valence electrons. The quantitative estimate of drug-likeness (QED) is 0.762. The average molecular weight is 256 g/mol. The zero-order valence-corrected chi connectivity index (χ0v) is 12.0. The Morgan fingerprint density at radius 3 is 2.67 bits per heavy atom. The van der Waals surface area contributed by atoms with Crippen molar-refractivity contribution < 1.29 is 9.90 Å². The van der Waals surface area contributed by atoms with Crippen LogP contribution in [0.25, 0.3) is 0 Å². The van der Waals surface area contributed by atoms with Crippen molar-refractivity contribution >= 4 is 5.97 Å². The summed E-state index contributed by atoms with van der Waals surface area (Å²) in [6.07, 6.45) is 3.57. The lowest BCUT2D eigenvalue weighted by molar-refractivity contribution is -0.145. The van der Waals surface area contributed by atoms with Crippen molar-refractivity contribution in [3.8, 4) is 0 Å². The molecule has 1 saturated heterocycles. The molecule has 1 heterocycles. The minimum atomic E-state index is -0.702. The third-order valence-electron chi connectivity index (χ3n) is 3.73. The number of hydrogen-bond donors (Lipinski definition) is 2. The van der Waals surface area contributed by atoms with Gasteiger partial charge in [0.2, 0.25) is 0 Å². The number of nitrogens with one attached hydrogen (secondary N) is 1. The van der Waals surface area contributed by atoms with Crippen molar-refractivity contribution in [3.63, 3.8) is 0 Å². The summed E-state index contributed by atoms with van der Waals surface area (Å²) in [5, 5.41) is 12.9. The van der Waals surface area contributed by atoms with Crippen LogP contribution in [0, 0.1) is 5.92 Å². The Balaban J connectivity index is 2.64. The minimum Gasteiger partial charge on any atom is -0.480 e. The first-order valence-corrected chi connectivity index (χ1v) is 7.21. The Labute approximate surface area is 111 Å². The molecule has 2 N–H and O–H groups in total. The molecular formula is C14H28N2O2. The zero-order valence-electron chi connectivity index (χ0n) is 12.0. The first kappa shape index (κ1) is 15.4. The molecule has 1 atom stereocenters. The third kappa shape index (κ3) is 4.25. The summed E-state index contributed by atoms with van der Waals surface area (Å²) in [4.78, 5) is 14.0. The van der Waals surface area contributed by atoms with Gasteiger partial charge in [0.1, 0.15) is 5.54 Å². The number of aliphatic carboxylic acids is 1. The molecule has 1 aliphatic heterocycles. The lowest BCUT2D eigenvalue weighted by Gasteiger charge is -2.30. The van der Waals surface area contributed by atoms with Gasteiger partial charge in [-0.2, -0.15) is 0 Å². The van der Waals surface area contributed by atoms with Crippen LogP contribution in [0.3, 0.4) is 0 Å². The van der Waals surface area contributed by atoms with Gasteiger partial charge in [-0.25, -0.2) is 0 Å². The maximum absolute atomic E-state index is 11.6. The van der Waals surface area contributed by atoms with Gasteiger partial charge < -0.3 is 15.3 Å². The van der Waals surface area contributed by atoms with Gasteiger partial charge >= 0.3 is 5.97 Å². The van der Waals surface area contributed by atoms with Crippen molar-refractivity contribution in [2.75, 3.05) is 26.2 Å². The molecule has 0 radical (unpaired) electrons. The molecule has 0 amide bonds. The van der Waals surface area contributed by atoms with E-state index < -0.39 is 11.5 Å². The number of likely N-dealkylation sites (tertiary alicyclic amines) is 1. The summed E-state index contributed by atoms with van der Waals surface area (Å²) in [6.45, 7) is 10.2. The van der Waals surface area contributed by atoms with Gasteiger partial charge in [0.05, 0.1) is 0 Å². The summed E-state index contributed by atoms with van der Waals surface area (Å²) in [5.41, 5.74) is -0.702. The van der Waals surface area contributed by atoms with Crippen molar-refractivity contribution in [2.24, 2.45) is 5.92 Å². The fourth-order valence-corrected chi connectivity index (χ4v) is 2.60. The summed E-state index contributed by atoms with van der Waals surface area (Å²) in [6, 6.07) is 0. The number of rotatable bonds is 6. The Morgan fingerprint density at radius 1 is 1.39 bits per heavy atom. The van der Waals surface area contributed by atoms with Crippen molar-refractivity contribution in [3.05, 3.63) is 0 Å². The van der Waals surface area contributed by atoms with E-state index in [-0.39, 0.29) is 0 Å². The highest BCUT2D eigenvalue weighted by atomic mass is 16.4. The first-order valence-electron chi connectivity index (χ1n) is 7.21. The van der Waals surface area contributed by atoms with E-state index in [2.05, 4.69) is 31.0 Å². The molecule has 1 unspecified atom stereocenters. The molecule has 1 rings (SSSR count). The van der Waals surface area contributed by atoms with Gasteiger partial charge in [0.25, 0.3) is 0 Å². The van der Waals surface area contributed by atoms with Crippen LogP contribution in [-0.2, 0) is 4.79 Å². The number of nitrogens with zero attached hydrogens (tertiary/aromatic N) is 1. The van der Waals surface area contributed by atoms with Crippen LogP contribution in [0.5, 0.6) is 0 Å². The van der Waals surface area contributed by atoms with Crippen LogP contribution >= 0.6 is 0 Å². The van der Waals surface area contributed by atoms with E-state index in [4.69, 9.17) is 0 Å². The van der Waals surface area contributed by atoms with Gasteiger partial charge in [0.15, 0.2) is 0 Å². The van der Waals surface area contributed by atoms with E-state index in [9.17, 15) is 9.90 Å². The lowest BCUT2D eigenvalue weighted by Crippen LogP contribution is -2.53. The Hall–Kier alpha value is -0.610. The van der Waals surface area contributed by atoms with E-state index in [1.807, 2.05) is 0 Å². The molecule has 4 nitrogen and oxygen atoms in total. The molecule has 0 aliphatic carbocycles. The van der Waals surface area contributed by atoms with E-state index in [1.54, 1.807) is 0 Å². The van der Waals surface area contributed by atoms with Gasteiger partial charge in [-0.1, -0.05) is 20.8 Å². The molecule has 0 saturated carbocycles. The Bertz CT molecular complexity index is 269. The summed E-state index contributed by atoms with van der Waals surface area (Å²) >= 11 is 0. The average Bonchev–Trinajstić information content (AvgIpc) is 2.51. The second-order valence-corrected chi connectivity index (χ2v) is 5.86. The predicted molar refractivity (Wildman–Crippen MR) is 73.8 cm³/mol. The van der Waals surface area contributed by atoms with Gasteiger partial charge in [-0.15, -0.1) is 0 Å². The van der Waals surface area contributed by atoms with E-state index in [0.717, 1.165) is 51.9 Å². The van der Waals surface area contributed by atoms with Crippen LogP contribution in [0.4, 0.5) is 0 Å². The van der Waals surface area contributed by atoms with E-state index in [0.29, 0.717) is 5.92 Å². The second kappa shape index (κ2) is 7.10. The van der Waals surface area contributed by atoms with E-state index >= 15 is 0 Å². The molecule has 18 heavy (non-hydrogen) atoms. The predicted octanol–water partition coefficient (Wildman–Crippen LogP) is 1.95. The highest BCUT2D eigenvalue weighted by Gasteiger charge is 2.39. The zero-order chi connectivity index (χ0) is 13.6. The smallest absolute Gasteiger partial charge is 0.323 e. The normalized spacial score (nSPS) is 26.2. The lowest BCUT2D eigenvalue weighted by atomic mass is 9.90. The van der Waals surface area contributed by atoms with Crippen LogP contribution in [-0.4, -0.2) is 47.7 Å². The third-order valence-corrected chi connectivity index (χ3v) is 3.73. The molecule has 1 aliphatic rings. The first-order chi connectivity index (χ1) is 8.50. The fourth-order valence-electron chi connectivity index (χ4n) is 2.60. The number of hydrogen-bond acceptors (Lipinski definition) is 3. The van der Waals surface area contributed by atoms with E-state index in [1.165, 1.54) is 0 Å². The van der Waals surface area contributed by atoms with Crippen molar-refractivity contribution in [1.29, 1.82) is 0 Å². The molecule has 1 fully saturated rings. The second-order valence-electron chi connectivity index (χ2n) is 5.86. The number of carboxylic acids is 1. The SMILES string of the molecule is CCCN1CCCC(NCC(C)C)(C(=O)O)CC1. The van der Waals surface area contributed by atoms with Gasteiger partial charge in [0, 0.05) is 6.54 Å². The fraction of sp³-hybridized carbons (Fsp3) is 0.929. The summed E-state index contributed by atoms with van der Waals surface area (Å²) < 4.78 is 0. The summed E-state index contributed by atoms with van der Waals surface area (Å²) in [7, 11) is 0. The Morgan fingerprint density at radius 2 is 2.11 bits per heavy atom. The minimum absolute atomic E-state index is 0.483. The van der Waals surface area contributed by atoms with Crippen molar-refractivity contribution in [2.45, 2.75) is 52.0 Å². The number of carbonyl (C=O) groups is 1. The van der Waals surface area contributed by atoms with Crippen molar-refractivity contribution in [1.82, 2.24) is 10.2 Å².